The standard InChI is InChI=1S/C20H18FNO5/c1-26-16-7-3-6-14-15-9-22(18(23)12-4-2-5-13(21)8-12)10-20(15,19(24)25)11-27-17(14)16/h2-8,15H,9-11H2,1H3,(H,24,25)/t15-,20-/m0/s1. The van der Waals surface area contributed by atoms with Gasteiger partial charge in [-0.05, 0) is 24.3 Å². The first-order chi connectivity index (χ1) is 13.0. The summed E-state index contributed by atoms with van der Waals surface area (Å²) in [6, 6.07) is 10.7. The third-order valence-electron chi connectivity index (χ3n) is 5.41. The van der Waals surface area contributed by atoms with Crippen molar-refractivity contribution in [2.45, 2.75) is 5.92 Å². The highest BCUT2D eigenvalue weighted by Crippen LogP contribution is 2.52. The number of hydrogen-bond donors (Lipinski definition) is 1. The van der Waals surface area contributed by atoms with Crippen LogP contribution in [0.5, 0.6) is 11.5 Å². The first-order valence-corrected chi connectivity index (χ1v) is 8.54. The lowest BCUT2D eigenvalue weighted by Crippen LogP contribution is -2.46. The monoisotopic (exact) mass is 371 g/mol. The summed E-state index contributed by atoms with van der Waals surface area (Å²) >= 11 is 0. The van der Waals surface area contributed by atoms with Gasteiger partial charge in [-0.15, -0.1) is 0 Å². The minimum atomic E-state index is -1.25. The second kappa shape index (κ2) is 6.26. The maximum absolute atomic E-state index is 13.5. The van der Waals surface area contributed by atoms with Gasteiger partial charge < -0.3 is 19.5 Å². The van der Waals surface area contributed by atoms with Crippen LogP contribution in [0.3, 0.4) is 0 Å². The number of nitrogens with zero attached hydrogens (tertiary/aromatic N) is 1. The summed E-state index contributed by atoms with van der Waals surface area (Å²) in [6.07, 6.45) is 0. The number of carboxylic acids is 1. The second-order valence-corrected chi connectivity index (χ2v) is 6.88. The van der Waals surface area contributed by atoms with Crippen LogP contribution in [0.1, 0.15) is 21.8 Å². The summed E-state index contributed by atoms with van der Waals surface area (Å²) in [7, 11) is 1.52. The fraction of sp³-hybridized carbons (Fsp3) is 0.300. The normalized spacial score (nSPS) is 23.2. The molecule has 4 rings (SSSR count). The van der Waals surface area contributed by atoms with E-state index in [1.807, 2.05) is 0 Å². The maximum Gasteiger partial charge on any atom is 0.315 e. The summed E-state index contributed by atoms with van der Waals surface area (Å²) in [5, 5.41) is 9.96. The first kappa shape index (κ1) is 17.3. The van der Waals surface area contributed by atoms with Crippen molar-refractivity contribution in [2.75, 3.05) is 26.8 Å². The Kier molecular flexibility index (Phi) is 4.02. The number of para-hydroxylation sites is 1. The number of halogens is 1. The van der Waals surface area contributed by atoms with Crippen LogP contribution in [0.2, 0.25) is 0 Å². The molecule has 0 aromatic heterocycles. The van der Waals surface area contributed by atoms with Crippen molar-refractivity contribution in [3.05, 3.63) is 59.4 Å². The van der Waals surface area contributed by atoms with E-state index >= 15 is 0 Å². The van der Waals surface area contributed by atoms with Crippen LogP contribution in [0, 0.1) is 11.2 Å². The first-order valence-electron chi connectivity index (χ1n) is 8.54. The topological polar surface area (TPSA) is 76.1 Å². The molecule has 2 aromatic rings. The van der Waals surface area contributed by atoms with Crippen LogP contribution in [0.25, 0.3) is 0 Å². The van der Waals surface area contributed by atoms with Crippen LogP contribution < -0.4 is 9.47 Å². The highest BCUT2D eigenvalue weighted by Gasteiger charge is 2.58. The number of rotatable bonds is 3. The van der Waals surface area contributed by atoms with E-state index in [1.165, 1.54) is 30.2 Å². The number of carbonyl (C=O) groups is 2. The van der Waals surface area contributed by atoms with E-state index in [0.29, 0.717) is 17.1 Å². The molecule has 1 fully saturated rings. The van der Waals surface area contributed by atoms with Crippen LogP contribution in [0.4, 0.5) is 4.39 Å². The molecule has 27 heavy (non-hydrogen) atoms. The summed E-state index contributed by atoms with van der Waals surface area (Å²) in [5.41, 5.74) is -0.346. The average Bonchev–Trinajstić information content (AvgIpc) is 3.08. The number of carbonyl (C=O) groups excluding carboxylic acids is 1. The molecular formula is C20H18FNO5. The predicted molar refractivity (Wildman–Crippen MR) is 93.6 cm³/mol. The Morgan fingerprint density at radius 2 is 2.07 bits per heavy atom. The number of benzene rings is 2. The molecule has 7 heteroatoms. The number of amides is 1. The highest BCUT2D eigenvalue weighted by atomic mass is 19.1. The second-order valence-electron chi connectivity index (χ2n) is 6.88. The quantitative estimate of drug-likeness (QED) is 0.897. The molecule has 2 aromatic carbocycles. The average molecular weight is 371 g/mol. The number of fused-ring (bicyclic) bond motifs is 3. The molecule has 1 N–H and O–H groups in total. The third kappa shape index (κ3) is 2.61. The zero-order valence-electron chi connectivity index (χ0n) is 14.6. The lowest BCUT2D eigenvalue weighted by Gasteiger charge is -2.36. The fourth-order valence-corrected chi connectivity index (χ4v) is 4.01. The maximum atomic E-state index is 13.5. The minimum Gasteiger partial charge on any atom is -0.493 e. The van der Waals surface area contributed by atoms with Gasteiger partial charge in [0.25, 0.3) is 5.91 Å². The molecule has 0 saturated carbocycles. The molecule has 0 radical (unpaired) electrons. The smallest absolute Gasteiger partial charge is 0.315 e. The SMILES string of the molecule is COc1cccc2c1OC[C@@]1(C(=O)O)CN(C(=O)c3cccc(F)c3)C[C@@H]21. The molecule has 0 spiro atoms. The van der Waals surface area contributed by atoms with E-state index in [2.05, 4.69) is 0 Å². The predicted octanol–water partition coefficient (Wildman–Crippen LogP) is 2.54. The van der Waals surface area contributed by atoms with Crippen LogP contribution in [-0.4, -0.2) is 48.7 Å². The summed E-state index contributed by atoms with van der Waals surface area (Å²) in [6.45, 7) is 0.150. The molecule has 2 aliphatic heterocycles. The molecule has 0 unspecified atom stereocenters. The Labute approximate surface area is 155 Å². The van der Waals surface area contributed by atoms with Gasteiger partial charge in [-0.1, -0.05) is 18.2 Å². The molecule has 2 atom stereocenters. The van der Waals surface area contributed by atoms with Crippen LogP contribution in [-0.2, 0) is 4.79 Å². The number of ether oxygens (including phenoxy) is 2. The Morgan fingerprint density at radius 1 is 1.30 bits per heavy atom. The van der Waals surface area contributed by atoms with E-state index in [1.54, 1.807) is 18.2 Å². The summed E-state index contributed by atoms with van der Waals surface area (Å²) in [5.74, 6) is -1.32. The van der Waals surface area contributed by atoms with Crippen molar-refractivity contribution in [1.29, 1.82) is 0 Å². The molecule has 6 nitrogen and oxygen atoms in total. The lowest BCUT2D eigenvalue weighted by molar-refractivity contribution is -0.151. The summed E-state index contributed by atoms with van der Waals surface area (Å²) < 4.78 is 24.6. The van der Waals surface area contributed by atoms with Crippen molar-refractivity contribution in [3.63, 3.8) is 0 Å². The largest absolute Gasteiger partial charge is 0.493 e. The van der Waals surface area contributed by atoms with E-state index in [9.17, 15) is 19.1 Å². The van der Waals surface area contributed by atoms with Crippen molar-refractivity contribution < 1.29 is 28.6 Å². The van der Waals surface area contributed by atoms with Gasteiger partial charge in [-0.3, -0.25) is 9.59 Å². The molecule has 1 saturated heterocycles. The zero-order valence-corrected chi connectivity index (χ0v) is 14.6. The van der Waals surface area contributed by atoms with Gasteiger partial charge in [0, 0.05) is 30.1 Å². The number of hydrogen-bond acceptors (Lipinski definition) is 4. The van der Waals surface area contributed by atoms with Crippen molar-refractivity contribution in [2.24, 2.45) is 5.41 Å². The fourth-order valence-electron chi connectivity index (χ4n) is 4.01. The Balaban J connectivity index is 1.73. The van der Waals surface area contributed by atoms with Crippen molar-refractivity contribution in [1.82, 2.24) is 4.90 Å². The van der Waals surface area contributed by atoms with Crippen molar-refractivity contribution in [3.8, 4) is 11.5 Å². The Morgan fingerprint density at radius 3 is 2.78 bits per heavy atom. The Bertz CT molecular complexity index is 930. The minimum absolute atomic E-state index is 0.000996. The molecule has 2 aliphatic rings. The van der Waals surface area contributed by atoms with E-state index < -0.39 is 29.0 Å². The molecule has 140 valence electrons. The lowest BCUT2D eigenvalue weighted by atomic mass is 9.73. The van der Waals surface area contributed by atoms with Gasteiger partial charge in [0.2, 0.25) is 0 Å². The van der Waals surface area contributed by atoms with Crippen LogP contribution in [0.15, 0.2) is 42.5 Å². The van der Waals surface area contributed by atoms with Gasteiger partial charge in [0.15, 0.2) is 11.5 Å². The molecule has 1 amide bonds. The van der Waals surface area contributed by atoms with Gasteiger partial charge in [-0.2, -0.15) is 0 Å². The van der Waals surface area contributed by atoms with E-state index in [0.717, 1.165) is 6.07 Å². The Hall–Kier alpha value is -3.09. The molecule has 0 aliphatic carbocycles. The van der Waals surface area contributed by atoms with E-state index in [4.69, 9.17) is 9.47 Å². The third-order valence-corrected chi connectivity index (χ3v) is 5.41. The molecule has 0 bridgehead atoms. The highest BCUT2D eigenvalue weighted by molar-refractivity contribution is 5.95. The van der Waals surface area contributed by atoms with Gasteiger partial charge in [0.1, 0.15) is 17.8 Å². The molecular weight excluding hydrogens is 353 g/mol. The molecule has 2 heterocycles. The summed E-state index contributed by atoms with van der Waals surface area (Å²) in [4.78, 5) is 26.5. The number of carboxylic acid groups (broad SMARTS) is 1. The van der Waals surface area contributed by atoms with Crippen LogP contribution >= 0.6 is 0 Å². The number of likely N-dealkylation sites (tertiary alicyclic amines) is 1. The van der Waals surface area contributed by atoms with Gasteiger partial charge in [-0.25, -0.2) is 4.39 Å². The number of methoxy groups -OCH3 is 1. The zero-order chi connectivity index (χ0) is 19.2. The van der Waals surface area contributed by atoms with E-state index in [-0.39, 0.29) is 25.3 Å². The number of aliphatic carboxylic acids is 1. The van der Waals surface area contributed by atoms with Gasteiger partial charge in [0.05, 0.1) is 7.11 Å². The van der Waals surface area contributed by atoms with Gasteiger partial charge >= 0.3 is 5.97 Å². The van der Waals surface area contributed by atoms with Crippen molar-refractivity contribution >= 4 is 11.9 Å².